The third kappa shape index (κ3) is 0.895. The Hall–Kier alpha value is 0.0200. The maximum atomic E-state index is 11.0. The van der Waals surface area contributed by atoms with Crippen LogP contribution < -0.4 is 0 Å². The highest BCUT2D eigenvalue weighted by Gasteiger charge is 2.38. The van der Waals surface area contributed by atoms with Gasteiger partial charge in [0, 0.05) is 11.0 Å². The molecule has 0 saturated carbocycles. The molecule has 0 amide bonds. The first-order valence-electron chi connectivity index (χ1n) is 2.88. The van der Waals surface area contributed by atoms with Crippen LogP contribution in [0.2, 0.25) is 0 Å². The molecule has 1 heterocycles. The van der Waals surface area contributed by atoms with Crippen molar-refractivity contribution in [3.05, 3.63) is 0 Å². The van der Waals surface area contributed by atoms with Crippen LogP contribution in [0.5, 0.6) is 0 Å². The minimum atomic E-state index is -1.56. The maximum absolute atomic E-state index is 11.0. The summed E-state index contributed by atoms with van der Waals surface area (Å²) < 4.78 is 11.0. The summed E-state index contributed by atoms with van der Waals surface area (Å²) in [4.78, 5) is 0. The van der Waals surface area contributed by atoms with Crippen molar-refractivity contribution in [2.24, 2.45) is 5.92 Å². The summed E-state index contributed by atoms with van der Waals surface area (Å²) in [6, 6.07) is 0. The van der Waals surface area contributed by atoms with E-state index in [1.807, 2.05) is 0 Å². The average molecular weight is 132 g/mol. The molecule has 1 fully saturated rings. The van der Waals surface area contributed by atoms with Gasteiger partial charge < -0.3 is 0 Å². The first-order chi connectivity index (χ1) is 3.54. The molecular weight excluding hydrogens is 120 g/mol. The standard InChI is InChI=1S/C6H12OS/c1-5(2)6-4-8(6,3)7/h5-6H,3-4H2,1-2H3. The maximum Gasteiger partial charge on any atom is 0.0405 e. The van der Waals surface area contributed by atoms with Gasteiger partial charge in [0.2, 0.25) is 0 Å². The monoisotopic (exact) mass is 132 g/mol. The van der Waals surface area contributed by atoms with Gasteiger partial charge in [-0.05, 0) is 21.3 Å². The van der Waals surface area contributed by atoms with Crippen molar-refractivity contribution in [2.75, 3.05) is 5.75 Å². The van der Waals surface area contributed by atoms with Gasteiger partial charge in [-0.3, -0.25) is 4.21 Å². The van der Waals surface area contributed by atoms with Crippen molar-refractivity contribution in [2.45, 2.75) is 19.1 Å². The van der Waals surface area contributed by atoms with Crippen molar-refractivity contribution in [1.29, 1.82) is 0 Å². The summed E-state index contributed by atoms with van der Waals surface area (Å²) in [6.45, 7) is 4.20. The number of rotatable bonds is 1. The van der Waals surface area contributed by atoms with E-state index in [0.717, 1.165) is 5.75 Å². The van der Waals surface area contributed by atoms with Gasteiger partial charge in [-0.1, -0.05) is 13.8 Å². The summed E-state index contributed by atoms with van der Waals surface area (Å²) >= 11 is 0. The van der Waals surface area contributed by atoms with Gasteiger partial charge in [-0.15, -0.1) is 0 Å². The molecule has 8 heavy (non-hydrogen) atoms. The van der Waals surface area contributed by atoms with Crippen molar-refractivity contribution in [1.82, 2.24) is 0 Å². The summed E-state index contributed by atoms with van der Waals surface area (Å²) in [5, 5.41) is 0.433. The normalized spacial score (nSPS) is 45.1. The Labute approximate surface area is 51.1 Å². The van der Waals surface area contributed by atoms with E-state index in [1.165, 1.54) is 0 Å². The van der Waals surface area contributed by atoms with Crippen LogP contribution in [0.1, 0.15) is 13.8 Å². The quantitative estimate of drug-likeness (QED) is 0.380. The SMILES string of the molecule is C=S1(=O)CC1C(C)C. The Balaban J connectivity index is 2.62. The second-order valence-electron chi connectivity index (χ2n) is 2.82. The molecule has 48 valence electrons. The topological polar surface area (TPSA) is 17.1 Å². The molecule has 0 aliphatic carbocycles. The largest absolute Gasteiger partial charge is 0.268 e. The zero-order chi connectivity index (χ0) is 6.36. The van der Waals surface area contributed by atoms with E-state index in [-0.39, 0.29) is 0 Å². The lowest BCUT2D eigenvalue weighted by Gasteiger charge is -1.94. The molecule has 1 aliphatic heterocycles. The van der Waals surface area contributed by atoms with Gasteiger partial charge in [-0.25, -0.2) is 0 Å². The second-order valence-corrected chi connectivity index (χ2v) is 5.50. The molecule has 0 N–H and O–H groups in total. The van der Waals surface area contributed by atoms with E-state index >= 15 is 0 Å². The van der Waals surface area contributed by atoms with Gasteiger partial charge in [0.15, 0.2) is 0 Å². The number of hydrogen-bond donors (Lipinski definition) is 0. The zero-order valence-electron chi connectivity index (χ0n) is 5.39. The van der Waals surface area contributed by atoms with Crippen LogP contribution >= 0.6 is 0 Å². The van der Waals surface area contributed by atoms with Crippen molar-refractivity contribution in [3.8, 4) is 0 Å². The van der Waals surface area contributed by atoms with E-state index in [1.54, 1.807) is 0 Å². The highest BCUT2D eigenvalue weighted by Crippen LogP contribution is 2.28. The lowest BCUT2D eigenvalue weighted by atomic mass is 10.2. The van der Waals surface area contributed by atoms with Crippen molar-refractivity contribution >= 4 is 15.4 Å². The van der Waals surface area contributed by atoms with Gasteiger partial charge in [-0.2, -0.15) is 0 Å². The van der Waals surface area contributed by atoms with Gasteiger partial charge in [0.25, 0.3) is 0 Å². The molecule has 1 saturated heterocycles. The lowest BCUT2D eigenvalue weighted by Crippen LogP contribution is -1.97. The van der Waals surface area contributed by atoms with Crippen LogP contribution in [0.25, 0.3) is 0 Å². The minimum Gasteiger partial charge on any atom is -0.268 e. The van der Waals surface area contributed by atoms with Gasteiger partial charge >= 0.3 is 0 Å². The first-order valence-corrected chi connectivity index (χ1v) is 4.84. The Morgan fingerprint density at radius 2 is 2.12 bits per heavy atom. The number of hydrogen-bond acceptors (Lipinski definition) is 1. The lowest BCUT2D eigenvalue weighted by molar-refractivity contribution is 0.660. The molecule has 2 heteroatoms. The van der Waals surface area contributed by atoms with Gasteiger partial charge in [0.05, 0.1) is 0 Å². The van der Waals surface area contributed by atoms with E-state index in [0.29, 0.717) is 11.2 Å². The third-order valence-corrected chi connectivity index (χ3v) is 3.94. The Kier molecular flexibility index (Phi) is 1.15. The van der Waals surface area contributed by atoms with Crippen molar-refractivity contribution < 1.29 is 4.21 Å². The molecule has 0 bridgehead atoms. The van der Waals surface area contributed by atoms with Gasteiger partial charge in [0.1, 0.15) is 0 Å². The minimum absolute atomic E-state index is 0.433. The fourth-order valence-corrected chi connectivity index (χ4v) is 3.24. The molecule has 1 nitrogen and oxygen atoms in total. The molecule has 0 aromatic carbocycles. The average Bonchev–Trinajstić information content (AvgIpc) is 2.13. The van der Waals surface area contributed by atoms with Crippen LogP contribution in [0, 0.1) is 5.92 Å². The fourth-order valence-electron chi connectivity index (χ4n) is 0.927. The molecule has 0 aromatic heterocycles. The van der Waals surface area contributed by atoms with E-state index < -0.39 is 9.52 Å². The Morgan fingerprint density at radius 1 is 1.75 bits per heavy atom. The zero-order valence-corrected chi connectivity index (χ0v) is 6.20. The fraction of sp³-hybridized carbons (Fsp3) is 0.833. The van der Waals surface area contributed by atoms with E-state index in [9.17, 15) is 4.21 Å². The second kappa shape index (κ2) is 1.50. The first kappa shape index (κ1) is 6.14. The summed E-state index contributed by atoms with van der Waals surface area (Å²) in [5.74, 6) is 5.05. The molecule has 1 aliphatic rings. The molecule has 1 rings (SSSR count). The predicted molar refractivity (Wildman–Crippen MR) is 38.8 cm³/mol. The van der Waals surface area contributed by atoms with Crippen LogP contribution in [-0.4, -0.2) is 21.1 Å². The van der Waals surface area contributed by atoms with E-state index in [4.69, 9.17) is 0 Å². The van der Waals surface area contributed by atoms with Crippen molar-refractivity contribution in [3.63, 3.8) is 0 Å². The highest BCUT2D eigenvalue weighted by atomic mass is 32.2. The molecular formula is C6H12OS. The molecule has 0 aromatic rings. The van der Waals surface area contributed by atoms with Crippen LogP contribution in [-0.2, 0) is 9.52 Å². The Morgan fingerprint density at radius 3 is 2.12 bits per heavy atom. The smallest absolute Gasteiger partial charge is 0.0405 e. The summed E-state index contributed by atoms with van der Waals surface area (Å²) in [7, 11) is -1.56. The molecule has 2 atom stereocenters. The molecule has 0 spiro atoms. The molecule has 2 unspecified atom stereocenters. The van der Waals surface area contributed by atoms with Crippen LogP contribution in [0.3, 0.4) is 0 Å². The van der Waals surface area contributed by atoms with Crippen LogP contribution in [0.15, 0.2) is 0 Å². The van der Waals surface area contributed by atoms with E-state index in [2.05, 4.69) is 19.7 Å². The highest BCUT2D eigenvalue weighted by molar-refractivity contribution is 8.07. The summed E-state index contributed by atoms with van der Waals surface area (Å²) in [6.07, 6.45) is 0. The molecule has 0 radical (unpaired) electrons. The predicted octanol–water partition coefficient (Wildman–Crippen LogP) is 0.741. The Bertz CT molecular complexity index is 177. The third-order valence-electron chi connectivity index (χ3n) is 1.63. The summed E-state index contributed by atoms with van der Waals surface area (Å²) in [5.41, 5.74) is 0. The van der Waals surface area contributed by atoms with Crippen LogP contribution in [0.4, 0.5) is 0 Å².